The van der Waals surface area contributed by atoms with Gasteiger partial charge in [-0.2, -0.15) is 0 Å². The Bertz CT molecular complexity index is 1040. The fraction of sp³-hybridized carbons (Fsp3) is 0.263. The molecule has 0 unspecified atom stereocenters. The average Bonchev–Trinajstić information content (AvgIpc) is 3.37. The molecule has 28 heavy (non-hydrogen) atoms. The number of rotatable bonds is 6. The van der Waals surface area contributed by atoms with Gasteiger partial charge in [0.2, 0.25) is 5.91 Å². The van der Waals surface area contributed by atoms with E-state index in [1.54, 1.807) is 30.6 Å². The molecule has 4 rings (SSSR count). The SMILES string of the molecule is Cn1cnc2cc(NC(=O)CC[C@@H]3NC(=O)N(Cc4ccco4)C3=O)ccc21. The zero-order valence-electron chi connectivity index (χ0n) is 15.2. The predicted octanol–water partition coefficient (Wildman–Crippen LogP) is 2.01. The Morgan fingerprint density at radius 1 is 1.32 bits per heavy atom. The van der Waals surface area contributed by atoms with Crippen LogP contribution in [0.2, 0.25) is 0 Å². The minimum absolute atomic E-state index is 0.0739. The topological polar surface area (TPSA) is 109 Å². The van der Waals surface area contributed by atoms with Crippen LogP contribution in [0.15, 0.2) is 47.3 Å². The number of hydrogen-bond donors (Lipinski definition) is 2. The third-order valence-electron chi connectivity index (χ3n) is 4.67. The van der Waals surface area contributed by atoms with E-state index < -0.39 is 12.1 Å². The molecular formula is C19H19N5O4. The zero-order chi connectivity index (χ0) is 19.7. The predicted molar refractivity (Wildman–Crippen MR) is 100 cm³/mol. The number of nitrogens with zero attached hydrogens (tertiary/aromatic N) is 3. The maximum absolute atomic E-state index is 12.4. The minimum atomic E-state index is -0.716. The number of urea groups is 1. The highest BCUT2D eigenvalue weighted by molar-refractivity contribution is 6.04. The smallest absolute Gasteiger partial charge is 0.325 e. The molecule has 0 spiro atoms. The standard InChI is InChI=1S/C19H19N5O4/c1-23-11-20-15-9-12(4-6-16(15)23)21-17(25)7-5-14-18(26)24(19(27)22-14)10-13-3-2-8-28-13/h2-4,6,8-9,11,14H,5,7,10H2,1H3,(H,21,25)(H,22,27)/t14-/m0/s1. The first-order valence-electron chi connectivity index (χ1n) is 8.86. The fourth-order valence-corrected chi connectivity index (χ4v) is 3.19. The largest absolute Gasteiger partial charge is 0.467 e. The first kappa shape index (κ1) is 17.8. The first-order chi connectivity index (χ1) is 13.5. The van der Waals surface area contributed by atoms with Gasteiger partial charge in [0.15, 0.2) is 0 Å². The van der Waals surface area contributed by atoms with Crippen LogP contribution in [0.25, 0.3) is 11.0 Å². The summed E-state index contributed by atoms with van der Waals surface area (Å²) in [5, 5.41) is 5.42. The molecule has 0 aliphatic carbocycles. The lowest BCUT2D eigenvalue weighted by Crippen LogP contribution is -2.31. The normalized spacial score (nSPS) is 16.6. The molecule has 0 bridgehead atoms. The molecule has 3 heterocycles. The zero-order valence-corrected chi connectivity index (χ0v) is 15.2. The lowest BCUT2D eigenvalue weighted by molar-refractivity contribution is -0.128. The van der Waals surface area contributed by atoms with Crippen molar-refractivity contribution in [3.8, 4) is 0 Å². The lowest BCUT2D eigenvalue weighted by Gasteiger charge is -2.11. The Kier molecular flexibility index (Phi) is 4.56. The van der Waals surface area contributed by atoms with E-state index in [4.69, 9.17) is 4.42 Å². The Balaban J connectivity index is 1.32. The lowest BCUT2D eigenvalue weighted by atomic mass is 10.1. The monoisotopic (exact) mass is 381 g/mol. The second kappa shape index (κ2) is 7.18. The maximum atomic E-state index is 12.4. The third-order valence-corrected chi connectivity index (χ3v) is 4.67. The Morgan fingerprint density at radius 2 is 2.18 bits per heavy atom. The molecule has 1 aliphatic heterocycles. The molecule has 1 fully saturated rings. The van der Waals surface area contributed by atoms with Crippen LogP contribution in [0, 0.1) is 0 Å². The summed E-state index contributed by atoms with van der Waals surface area (Å²) in [5.41, 5.74) is 2.39. The molecule has 3 aromatic rings. The number of imide groups is 1. The number of aryl methyl sites for hydroxylation is 1. The summed E-state index contributed by atoms with van der Waals surface area (Å²) in [6.07, 6.45) is 3.51. The van der Waals surface area contributed by atoms with Gasteiger partial charge in [0, 0.05) is 19.2 Å². The van der Waals surface area contributed by atoms with Crippen LogP contribution in [0.3, 0.4) is 0 Å². The molecule has 9 nitrogen and oxygen atoms in total. The summed E-state index contributed by atoms with van der Waals surface area (Å²) in [6, 6.07) is 7.66. The molecule has 1 aromatic carbocycles. The fourth-order valence-electron chi connectivity index (χ4n) is 3.19. The van der Waals surface area contributed by atoms with Crippen molar-refractivity contribution < 1.29 is 18.8 Å². The summed E-state index contributed by atoms with van der Waals surface area (Å²) in [7, 11) is 1.90. The van der Waals surface area contributed by atoms with Crippen molar-refractivity contribution in [3.63, 3.8) is 0 Å². The van der Waals surface area contributed by atoms with Gasteiger partial charge in [-0.25, -0.2) is 9.78 Å². The van der Waals surface area contributed by atoms with Crippen LogP contribution in [-0.4, -0.2) is 38.3 Å². The third kappa shape index (κ3) is 3.46. The van der Waals surface area contributed by atoms with Crippen molar-refractivity contribution in [2.45, 2.75) is 25.4 Å². The molecule has 2 N–H and O–H groups in total. The second-order valence-electron chi connectivity index (χ2n) is 6.65. The Morgan fingerprint density at radius 3 is 2.96 bits per heavy atom. The van der Waals surface area contributed by atoms with Crippen LogP contribution in [-0.2, 0) is 23.2 Å². The van der Waals surface area contributed by atoms with E-state index in [9.17, 15) is 14.4 Å². The van der Waals surface area contributed by atoms with Gasteiger partial charge >= 0.3 is 6.03 Å². The van der Waals surface area contributed by atoms with Gasteiger partial charge in [0.25, 0.3) is 5.91 Å². The number of amides is 4. The number of fused-ring (bicyclic) bond motifs is 1. The van der Waals surface area contributed by atoms with E-state index in [-0.39, 0.29) is 31.2 Å². The van der Waals surface area contributed by atoms with Crippen molar-refractivity contribution in [1.82, 2.24) is 19.8 Å². The number of anilines is 1. The minimum Gasteiger partial charge on any atom is -0.467 e. The van der Waals surface area contributed by atoms with Gasteiger partial charge in [0.1, 0.15) is 11.8 Å². The number of hydrogen-bond acceptors (Lipinski definition) is 5. The van der Waals surface area contributed by atoms with Crippen molar-refractivity contribution in [2.24, 2.45) is 7.05 Å². The van der Waals surface area contributed by atoms with Crippen LogP contribution in [0.4, 0.5) is 10.5 Å². The Hall–Kier alpha value is -3.62. The van der Waals surface area contributed by atoms with Crippen molar-refractivity contribution in [3.05, 3.63) is 48.7 Å². The van der Waals surface area contributed by atoms with E-state index in [0.717, 1.165) is 15.9 Å². The first-order valence-corrected chi connectivity index (χ1v) is 8.86. The number of benzene rings is 1. The summed E-state index contributed by atoms with van der Waals surface area (Å²) in [5.74, 6) is -0.0715. The number of nitrogens with one attached hydrogen (secondary N) is 2. The molecule has 2 aromatic heterocycles. The van der Waals surface area contributed by atoms with E-state index in [0.29, 0.717) is 11.4 Å². The van der Waals surface area contributed by atoms with Crippen LogP contribution in [0.5, 0.6) is 0 Å². The van der Waals surface area contributed by atoms with Gasteiger partial charge in [-0.15, -0.1) is 0 Å². The molecule has 144 valence electrons. The molecule has 1 atom stereocenters. The van der Waals surface area contributed by atoms with E-state index in [2.05, 4.69) is 15.6 Å². The van der Waals surface area contributed by atoms with Gasteiger partial charge in [0.05, 0.1) is 30.2 Å². The average molecular weight is 381 g/mol. The molecule has 0 saturated carbocycles. The number of furan rings is 1. The summed E-state index contributed by atoms with van der Waals surface area (Å²) >= 11 is 0. The van der Waals surface area contributed by atoms with Gasteiger partial charge in [-0.05, 0) is 36.8 Å². The van der Waals surface area contributed by atoms with Crippen molar-refractivity contribution in [1.29, 1.82) is 0 Å². The highest BCUT2D eigenvalue weighted by atomic mass is 16.3. The summed E-state index contributed by atoms with van der Waals surface area (Å²) < 4.78 is 7.07. The van der Waals surface area contributed by atoms with Crippen LogP contribution in [0.1, 0.15) is 18.6 Å². The van der Waals surface area contributed by atoms with E-state index in [1.807, 2.05) is 17.7 Å². The van der Waals surface area contributed by atoms with Crippen LogP contribution >= 0.6 is 0 Å². The molecule has 1 aliphatic rings. The van der Waals surface area contributed by atoms with E-state index >= 15 is 0 Å². The van der Waals surface area contributed by atoms with Crippen LogP contribution < -0.4 is 10.6 Å². The number of aromatic nitrogens is 2. The van der Waals surface area contributed by atoms with Gasteiger partial charge in [-0.3, -0.25) is 14.5 Å². The van der Waals surface area contributed by atoms with Crippen molar-refractivity contribution in [2.75, 3.05) is 5.32 Å². The molecule has 9 heteroatoms. The summed E-state index contributed by atoms with van der Waals surface area (Å²) in [4.78, 5) is 42.0. The number of imidazole rings is 1. The highest BCUT2D eigenvalue weighted by Crippen LogP contribution is 2.19. The molecular weight excluding hydrogens is 362 g/mol. The molecule has 4 amide bonds. The quantitative estimate of drug-likeness (QED) is 0.635. The second-order valence-corrected chi connectivity index (χ2v) is 6.65. The highest BCUT2D eigenvalue weighted by Gasteiger charge is 2.38. The van der Waals surface area contributed by atoms with Crippen molar-refractivity contribution >= 4 is 34.6 Å². The van der Waals surface area contributed by atoms with Gasteiger partial charge in [-0.1, -0.05) is 0 Å². The Labute approximate surface area is 160 Å². The maximum Gasteiger partial charge on any atom is 0.325 e. The molecule has 0 radical (unpaired) electrons. The molecule has 1 saturated heterocycles. The number of carbonyl (C=O) groups excluding carboxylic acids is 3. The van der Waals surface area contributed by atoms with E-state index in [1.165, 1.54) is 6.26 Å². The summed E-state index contributed by atoms with van der Waals surface area (Å²) in [6.45, 7) is 0.0739. The van der Waals surface area contributed by atoms with Gasteiger partial charge < -0.3 is 19.6 Å². The number of carbonyl (C=O) groups is 3.